The summed E-state index contributed by atoms with van der Waals surface area (Å²) in [5.74, 6) is -2.69. The van der Waals surface area contributed by atoms with Gasteiger partial charge in [0, 0.05) is 0 Å². The summed E-state index contributed by atoms with van der Waals surface area (Å²) in [4.78, 5) is 30.0. The van der Waals surface area contributed by atoms with Crippen molar-refractivity contribution in [1.82, 2.24) is 4.90 Å². The molecule has 3 saturated heterocycles. The molecule has 45 heavy (non-hydrogen) atoms. The van der Waals surface area contributed by atoms with Crippen LogP contribution in [0.2, 0.25) is 36.3 Å². The predicted molar refractivity (Wildman–Crippen MR) is 179 cm³/mol. The van der Waals surface area contributed by atoms with Crippen molar-refractivity contribution >= 4 is 28.6 Å². The van der Waals surface area contributed by atoms with Gasteiger partial charge in [-0.25, -0.2) is 9.69 Å². The largest absolute Gasteiger partial charge is 0.443 e. The van der Waals surface area contributed by atoms with Crippen molar-refractivity contribution in [2.75, 3.05) is 13.2 Å². The van der Waals surface area contributed by atoms with Crippen LogP contribution in [0, 0.1) is 5.92 Å². The van der Waals surface area contributed by atoms with Crippen molar-refractivity contribution < 1.29 is 42.1 Å². The monoisotopic (exact) mass is 673 g/mol. The van der Waals surface area contributed by atoms with Crippen LogP contribution in [-0.4, -0.2) is 94.4 Å². The van der Waals surface area contributed by atoms with Crippen molar-refractivity contribution in [2.24, 2.45) is 5.92 Å². The van der Waals surface area contributed by atoms with Crippen LogP contribution in [0.3, 0.4) is 0 Å². The number of carbonyl (C=O) groups is 2. The number of likely N-dealkylation sites (tertiary alicyclic amines) is 1. The molecule has 6 atom stereocenters. The lowest BCUT2D eigenvalue weighted by Crippen LogP contribution is -2.57. The molecule has 0 bridgehead atoms. The van der Waals surface area contributed by atoms with E-state index >= 15 is 0 Å². The molecule has 0 unspecified atom stereocenters. The molecule has 3 aliphatic rings. The van der Waals surface area contributed by atoms with Crippen LogP contribution in [0.1, 0.15) is 96.4 Å². The first kappa shape index (κ1) is 38.6. The summed E-state index contributed by atoms with van der Waals surface area (Å²) in [5, 5.41) is -0.256. The molecule has 3 heterocycles. The number of amides is 2. The van der Waals surface area contributed by atoms with E-state index in [0.717, 1.165) is 0 Å². The van der Waals surface area contributed by atoms with Gasteiger partial charge in [0.2, 0.25) is 5.91 Å². The molecular weight excluding hydrogens is 611 g/mol. The van der Waals surface area contributed by atoms with Crippen LogP contribution in [0.5, 0.6) is 0 Å². The van der Waals surface area contributed by atoms with E-state index in [2.05, 4.69) is 67.7 Å². The van der Waals surface area contributed by atoms with E-state index in [-0.39, 0.29) is 29.2 Å². The van der Waals surface area contributed by atoms with Crippen molar-refractivity contribution in [2.45, 2.75) is 180 Å². The number of hydrogen-bond donors (Lipinski definition) is 0. The van der Waals surface area contributed by atoms with Gasteiger partial charge in [-0.05, 0) is 91.2 Å². The molecule has 10 nitrogen and oxygen atoms in total. The quantitative estimate of drug-likeness (QED) is 0.247. The van der Waals surface area contributed by atoms with Crippen LogP contribution < -0.4 is 0 Å². The third-order valence-corrected chi connectivity index (χ3v) is 19.0. The van der Waals surface area contributed by atoms with Gasteiger partial charge >= 0.3 is 6.09 Å². The zero-order valence-electron chi connectivity index (χ0n) is 31.2. The summed E-state index contributed by atoms with van der Waals surface area (Å²) < 4.78 is 44.8. The number of carbonyl (C=O) groups excluding carboxylic acids is 2. The Morgan fingerprint density at radius 3 is 1.53 bits per heavy atom. The fraction of sp³-hybridized carbons (Fsp3) is 0.939. The van der Waals surface area contributed by atoms with Crippen LogP contribution >= 0.6 is 0 Å². The fourth-order valence-electron chi connectivity index (χ4n) is 5.51. The van der Waals surface area contributed by atoms with Crippen molar-refractivity contribution in [3.05, 3.63) is 0 Å². The molecule has 0 saturated carbocycles. The molecule has 2 amide bonds. The average Bonchev–Trinajstić information content (AvgIpc) is 3.47. The number of nitrogens with zero attached hydrogens (tertiary/aromatic N) is 1. The topological polar surface area (TPSA) is 102 Å². The third kappa shape index (κ3) is 8.98. The highest BCUT2D eigenvalue weighted by atomic mass is 28.4. The van der Waals surface area contributed by atoms with Crippen molar-refractivity contribution in [1.29, 1.82) is 0 Å². The number of rotatable bonds is 8. The van der Waals surface area contributed by atoms with Crippen molar-refractivity contribution in [3.8, 4) is 0 Å². The Hall–Kier alpha value is -0.866. The molecule has 3 rings (SSSR count). The van der Waals surface area contributed by atoms with Gasteiger partial charge in [0.25, 0.3) is 0 Å². The first-order chi connectivity index (χ1) is 20.0. The van der Waals surface area contributed by atoms with E-state index < -0.39 is 76.3 Å². The normalized spacial score (nSPS) is 29.3. The highest BCUT2D eigenvalue weighted by Gasteiger charge is 2.59. The van der Waals surface area contributed by atoms with Crippen LogP contribution in [-0.2, 0) is 37.3 Å². The van der Waals surface area contributed by atoms with Crippen LogP contribution in [0.4, 0.5) is 4.79 Å². The molecule has 0 spiro atoms. The third-order valence-electron chi connectivity index (χ3n) is 10.0. The lowest BCUT2D eigenvalue weighted by molar-refractivity contribution is -0.158. The Morgan fingerprint density at radius 2 is 1.18 bits per heavy atom. The van der Waals surface area contributed by atoms with Gasteiger partial charge in [0.15, 0.2) is 28.2 Å². The standard InChI is InChI=1S/C33H63NO9Si2/c1-29(2,3)41-28(36)34-22(26(24-20-38-33(12,13)40-24)43-45(16,17)31(7,8)9)18-21(27(34)35)25(23-19-37-32(10,11)39-23)42-44(14,15)30(4,5)6/h21-26H,18-20H2,1-17H3/t21-,22+,23+,24+,25-,26-/m0/s1. The smallest absolute Gasteiger partial charge is 0.417 e. The van der Waals surface area contributed by atoms with Gasteiger partial charge in [-0.2, -0.15) is 0 Å². The summed E-state index contributed by atoms with van der Waals surface area (Å²) in [5.41, 5.74) is -0.811. The number of ether oxygens (including phenoxy) is 5. The summed E-state index contributed by atoms with van der Waals surface area (Å²) >= 11 is 0. The van der Waals surface area contributed by atoms with Gasteiger partial charge < -0.3 is 32.5 Å². The Morgan fingerprint density at radius 1 is 0.778 bits per heavy atom. The van der Waals surface area contributed by atoms with E-state index in [1.807, 2.05) is 27.7 Å². The molecule has 0 radical (unpaired) electrons. The van der Waals surface area contributed by atoms with E-state index in [0.29, 0.717) is 6.42 Å². The first-order valence-electron chi connectivity index (χ1n) is 16.5. The van der Waals surface area contributed by atoms with Crippen LogP contribution in [0.15, 0.2) is 0 Å². The second kappa shape index (κ2) is 12.5. The summed E-state index contributed by atoms with van der Waals surface area (Å²) in [7, 11) is -4.85. The summed E-state index contributed by atoms with van der Waals surface area (Å²) in [6.07, 6.45) is -2.66. The fourth-order valence-corrected chi connectivity index (χ4v) is 8.20. The minimum absolute atomic E-state index is 0.124. The maximum absolute atomic E-state index is 14.7. The lowest BCUT2D eigenvalue weighted by atomic mass is 9.92. The first-order valence-corrected chi connectivity index (χ1v) is 22.3. The second-order valence-corrected chi connectivity index (χ2v) is 27.5. The molecule has 0 N–H and O–H groups in total. The molecule has 262 valence electrons. The van der Waals surface area contributed by atoms with Gasteiger partial charge in [0.1, 0.15) is 17.8 Å². The lowest BCUT2D eigenvalue weighted by Gasteiger charge is -2.43. The zero-order valence-corrected chi connectivity index (χ0v) is 33.2. The number of imide groups is 1. The van der Waals surface area contributed by atoms with Gasteiger partial charge in [0.05, 0.1) is 37.4 Å². The SMILES string of the molecule is CC(C)(C)OC(=O)N1C(=O)[C@H]([C@H](O[Si](C)(C)C(C)(C)C)[C@H]2COC(C)(C)O2)C[C@@H]1[C@H](O[Si](C)(C)C(C)(C)C)[C@H]1COC(C)(C)O1. The maximum Gasteiger partial charge on any atom is 0.417 e. The van der Waals surface area contributed by atoms with Gasteiger partial charge in [-0.1, -0.05) is 41.5 Å². The highest BCUT2D eigenvalue weighted by molar-refractivity contribution is 6.74. The Bertz CT molecular complexity index is 1090. The Balaban J connectivity index is 2.15. The van der Waals surface area contributed by atoms with Gasteiger partial charge in [-0.3, -0.25) is 4.79 Å². The maximum atomic E-state index is 14.7. The van der Waals surface area contributed by atoms with E-state index in [1.165, 1.54) is 4.90 Å². The Kier molecular flexibility index (Phi) is 10.8. The minimum atomic E-state index is -2.43. The molecule has 12 heteroatoms. The van der Waals surface area contributed by atoms with E-state index in [1.54, 1.807) is 20.8 Å². The minimum Gasteiger partial charge on any atom is -0.443 e. The van der Waals surface area contributed by atoms with Gasteiger partial charge in [-0.15, -0.1) is 0 Å². The molecule has 0 aliphatic carbocycles. The summed E-state index contributed by atoms with van der Waals surface area (Å²) in [6, 6.07) is -0.671. The van der Waals surface area contributed by atoms with Crippen LogP contribution in [0.25, 0.3) is 0 Å². The average molecular weight is 674 g/mol. The molecule has 0 aromatic heterocycles. The predicted octanol–water partition coefficient (Wildman–Crippen LogP) is 7.22. The molecular formula is C33H63NO9Si2. The number of hydrogen-bond acceptors (Lipinski definition) is 9. The zero-order chi connectivity index (χ0) is 34.8. The second-order valence-electron chi connectivity index (χ2n) is 18.0. The molecule has 0 aromatic carbocycles. The molecule has 0 aromatic rings. The van der Waals surface area contributed by atoms with E-state index in [4.69, 9.17) is 32.5 Å². The molecule has 3 aliphatic heterocycles. The van der Waals surface area contributed by atoms with E-state index in [9.17, 15) is 9.59 Å². The Labute approximate surface area is 274 Å². The molecule has 3 fully saturated rings. The highest BCUT2D eigenvalue weighted by Crippen LogP contribution is 2.46. The summed E-state index contributed by atoms with van der Waals surface area (Å²) in [6.45, 7) is 35.1. The van der Waals surface area contributed by atoms with Crippen molar-refractivity contribution in [3.63, 3.8) is 0 Å².